The summed E-state index contributed by atoms with van der Waals surface area (Å²) in [6, 6.07) is 18.3. The van der Waals surface area contributed by atoms with Crippen molar-refractivity contribution in [1.29, 1.82) is 10.5 Å². The van der Waals surface area contributed by atoms with Gasteiger partial charge in [0, 0.05) is 33.3 Å². The molecule has 2 heterocycles. The number of ether oxygens (including phenoxy) is 2. The predicted octanol–water partition coefficient (Wildman–Crippen LogP) is 1.60. The van der Waals surface area contributed by atoms with Crippen molar-refractivity contribution in [3.8, 4) is 39.6 Å². The summed E-state index contributed by atoms with van der Waals surface area (Å²) in [5.74, 6) is -1.09. The second-order valence-corrected chi connectivity index (χ2v) is 10.8. The van der Waals surface area contributed by atoms with Gasteiger partial charge in [-0.05, 0) is 36.2 Å². The van der Waals surface area contributed by atoms with Gasteiger partial charge in [0.15, 0.2) is 0 Å². The number of carbonyl (C=O) groups is 2. The third kappa shape index (κ3) is 9.18. The molecule has 43 heavy (non-hydrogen) atoms. The number of nitriles is 2. The van der Waals surface area contributed by atoms with Crippen LogP contribution in [0.1, 0.15) is 29.7 Å². The number of thiazole rings is 1. The zero-order valence-corrected chi connectivity index (χ0v) is 27.2. The van der Waals surface area contributed by atoms with E-state index >= 15 is 0 Å². The molecule has 2 aromatic heterocycles. The topological polar surface area (TPSA) is 175 Å². The van der Waals surface area contributed by atoms with Gasteiger partial charge in [0.25, 0.3) is 0 Å². The molecule has 10 nitrogen and oxygen atoms in total. The number of carboxylic acids is 1. The molecule has 0 radical (unpaired) electrons. The molecule has 4 aromatic rings. The van der Waals surface area contributed by atoms with E-state index in [0.717, 1.165) is 16.3 Å². The SMILES string of the molecule is N#Cc1c(N)nc(SCc2csc(-c3ccc(Cl)cc3)n2)c(C#N)c1-c1ccc(OCCOC(=O)CCC(=O)[O-])cc1.[Na+]. The summed E-state index contributed by atoms with van der Waals surface area (Å²) in [4.78, 5) is 30.9. The molecule has 2 N–H and O–H groups in total. The van der Waals surface area contributed by atoms with Crippen LogP contribution in [0.4, 0.5) is 5.82 Å². The molecule has 0 aliphatic carbocycles. The van der Waals surface area contributed by atoms with Crippen molar-refractivity contribution in [3.05, 3.63) is 75.8 Å². The number of carbonyl (C=O) groups excluding carboxylic acids is 2. The first-order valence-electron chi connectivity index (χ1n) is 12.3. The molecule has 14 heteroatoms. The van der Waals surface area contributed by atoms with Crippen molar-refractivity contribution in [2.24, 2.45) is 0 Å². The third-order valence-electron chi connectivity index (χ3n) is 5.71. The number of rotatable bonds is 12. The van der Waals surface area contributed by atoms with Crippen LogP contribution in [-0.2, 0) is 20.1 Å². The molecule has 2 aromatic carbocycles. The van der Waals surface area contributed by atoms with E-state index in [2.05, 4.69) is 22.1 Å². The number of hydrogen-bond acceptors (Lipinski definition) is 12. The molecule has 0 amide bonds. The minimum Gasteiger partial charge on any atom is -0.550 e. The number of aromatic nitrogens is 2. The fraction of sp³-hybridized carbons (Fsp3) is 0.172. The van der Waals surface area contributed by atoms with E-state index in [0.29, 0.717) is 32.7 Å². The van der Waals surface area contributed by atoms with Gasteiger partial charge in [-0.2, -0.15) is 10.5 Å². The molecule has 0 aliphatic heterocycles. The van der Waals surface area contributed by atoms with Crippen molar-refractivity contribution in [3.63, 3.8) is 0 Å². The first kappa shape index (κ1) is 33.9. The summed E-state index contributed by atoms with van der Waals surface area (Å²) in [5, 5.41) is 34.1. The van der Waals surface area contributed by atoms with E-state index in [1.807, 2.05) is 17.5 Å². The second kappa shape index (κ2) is 16.3. The summed E-state index contributed by atoms with van der Waals surface area (Å²) in [6.45, 7) is -0.0188. The normalized spacial score (nSPS) is 10.2. The van der Waals surface area contributed by atoms with Gasteiger partial charge >= 0.3 is 35.5 Å². The third-order valence-corrected chi connectivity index (χ3v) is 7.91. The second-order valence-electron chi connectivity index (χ2n) is 8.56. The van der Waals surface area contributed by atoms with E-state index < -0.39 is 18.4 Å². The van der Waals surface area contributed by atoms with Crippen LogP contribution in [0.2, 0.25) is 5.02 Å². The zero-order chi connectivity index (χ0) is 30.1. The molecular weight excluding hydrogens is 621 g/mol. The van der Waals surface area contributed by atoms with Crippen molar-refractivity contribution < 1.29 is 53.7 Å². The Hall–Kier alpha value is -3.62. The number of benzene rings is 2. The molecule has 0 atom stereocenters. The minimum atomic E-state index is -1.33. The number of carboxylic acid groups (broad SMARTS) is 1. The van der Waals surface area contributed by atoms with Crippen molar-refractivity contribution >= 4 is 52.5 Å². The molecular formula is C29H21ClN5NaO5S2. The Morgan fingerprint density at radius 2 is 1.65 bits per heavy atom. The van der Waals surface area contributed by atoms with Gasteiger partial charge < -0.3 is 25.1 Å². The van der Waals surface area contributed by atoms with Gasteiger partial charge in [-0.15, -0.1) is 11.3 Å². The van der Waals surface area contributed by atoms with Gasteiger partial charge in [0.2, 0.25) is 0 Å². The Balaban J connectivity index is 0.00000506. The standard InChI is InChI=1S/C29H22ClN5O5S2.Na/c30-19-5-1-18(2-6-19)28-34-20(15-41-28)16-42-29-23(14-32)26(22(13-31)27(33)35-29)17-3-7-21(8-4-17)39-11-12-40-25(38)10-9-24(36)37;/h1-8,15H,9-12,16H2,(H2,33,35)(H,36,37);/q;+1/p-1. The van der Waals surface area contributed by atoms with E-state index in [1.54, 1.807) is 36.4 Å². The Bertz CT molecular complexity index is 1690. The Kier molecular flexibility index (Phi) is 12.8. The number of nitrogen functional groups attached to an aromatic ring is 1. The summed E-state index contributed by atoms with van der Waals surface area (Å²) >= 11 is 8.78. The van der Waals surface area contributed by atoms with Gasteiger partial charge in [-0.1, -0.05) is 47.6 Å². The first-order chi connectivity index (χ1) is 20.3. The van der Waals surface area contributed by atoms with E-state index in [4.69, 9.17) is 26.8 Å². The van der Waals surface area contributed by atoms with Crippen LogP contribution < -0.4 is 45.1 Å². The van der Waals surface area contributed by atoms with Gasteiger partial charge in [0.1, 0.15) is 52.5 Å². The maximum absolute atomic E-state index is 11.5. The Labute approximate surface area is 282 Å². The number of halogens is 1. The van der Waals surface area contributed by atoms with Crippen molar-refractivity contribution in [2.45, 2.75) is 23.6 Å². The predicted molar refractivity (Wildman–Crippen MR) is 156 cm³/mol. The number of nitrogens with zero attached hydrogens (tertiary/aromatic N) is 4. The summed E-state index contributed by atoms with van der Waals surface area (Å²) in [6.07, 6.45) is -0.685. The average molecular weight is 642 g/mol. The fourth-order valence-corrected chi connectivity index (χ4v) is 5.69. The monoisotopic (exact) mass is 641 g/mol. The number of esters is 1. The van der Waals surface area contributed by atoms with Crippen LogP contribution in [0, 0.1) is 22.7 Å². The molecule has 0 spiro atoms. The maximum atomic E-state index is 11.5. The van der Waals surface area contributed by atoms with Crippen molar-refractivity contribution in [2.75, 3.05) is 18.9 Å². The number of anilines is 1. The summed E-state index contributed by atoms with van der Waals surface area (Å²) in [7, 11) is 0. The Morgan fingerprint density at radius 1 is 0.977 bits per heavy atom. The Morgan fingerprint density at radius 3 is 2.30 bits per heavy atom. The number of hydrogen-bond donors (Lipinski definition) is 1. The van der Waals surface area contributed by atoms with Crippen LogP contribution in [0.5, 0.6) is 5.75 Å². The van der Waals surface area contributed by atoms with Crippen LogP contribution in [0.15, 0.2) is 58.9 Å². The summed E-state index contributed by atoms with van der Waals surface area (Å²) in [5.41, 5.74) is 9.14. The summed E-state index contributed by atoms with van der Waals surface area (Å²) < 4.78 is 10.5. The van der Waals surface area contributed by atoms with Crippen molar-refractivity contribution in [1.82, 2.24) is 9.97 Å². The quantitative estimate of drug-likeness (QED) is 0.103. The molecule has 0 saturated carbocycles. The number of pyridine rings is 1. The minimum absolute atomic E-state index is 0. The smallest absolute Gasteiger partial charge is 0.550 e. The molecule has 0 saturated heterocycles. The average Bonchev–Trinajstić information content (AvgIpc) is 3.46. The zero-order valence-electron chi connectivity index (χ0n) is 22.8. The maximum Gasteiger partial charge on any atom is 1.00 e. The molecule has 4 rings (SSSR count). The molecule has 0 fully saturated rings. The number of aliphatic carboxylic acids is 1. The number of nitrogens with two attached hydrogens (primary N) is 1. The fourth-order valence-electron chi connectivity index (χ4n) is 3.74. The van der Waals surface area contributed by atoms with E-state index in [1.165, 1.54) is 23.1 Å². The van der Waals surface area contributed by atoms with Gasteiger partial charge in [-0.25, -0.2) is 9.97 Å². The van der Waals surface area contributed by atoms with Crippen LogP contribution in [-0.4, -0.2) is 35.1 Å². The molecule has 212 valence electrons. The largest absolute Gasteiger partial charge is 1.00 e. The van der Waals surface area contributed by atoms with E-state index in [9.17, 15) is 25.2 Å². The van der Waals surface area contributed by atoms with Gasteiger partial charge in [-0.3, -0.25) is 4.79 Å². The molecule has 0 aliphatic rings. The first-order valence-corrected chi connectivity index (χ1v) is 14.6. The molecule has 0 unspecified atom stereocenters. The van der Waals surface area contributed by atoms with E-state index in [-0.39, 0.29) is 66.1 Å². The number of thioether (sulfide) groups is 1. The van der Waals surface area contributed by atoms with Gasteiger partial charge in [0.05, 0.1) is 17.7 Å². The van der Waals surface area contributed by atoms with Crippen LogP contribution >= 0.6 is 34.7 Å². The molecule has 0 bridgehead atoms. The van der Waals surface area contributed by atoms with Crippen LogP contribution in [0.3, 0.4) is 0 Å². The van der Waals surface area contributed by atoms with Crippen LogP contribution in [0.25, 0.3) is 21.7 Å².